The van der Waals surface area contributed by atoms with E-state index in [0.29, 0.717) is 28.1 Å². The van der Waals surface area contributed by atoms with Crippen LogP contribution in [0.4, 0.5) is 28.4 Å². The molecule has 5 aromatic rings. The summed E-state index contributed by atoms with van der Waals surface area (Å²) in [6, 6.07) is 35.9. The third kappa shape index (κ3) is 6.82. The number of hydrogen-bond acceptors (Lipinski definition) is 7. The van der Waals surface area contributed by atoms with Gasteiger partial charge in [0.05, 0.1) is 4.90 Å². The zero-order valence-corrected chi connectivity index (χ0v) is 25.5. The maximum Gasteiger partial charge on any atom is 1.00 e. The number of aliphatic hydroxyl groups is 1. The zero-order valence-electron chi connectivity index (χ0n) is 22.7. The van der Waals surface area contributed by atoms with Crippen LogP contribution < -0.4 is 45.9 Å². The predicted molar refractivity (Wildman–Crippen MR) is 158 cm³/mol. The molecule has 0 spiro atoms. The van der Waals surface area contributed by atoms with Crippen LogP contribution in [0.3, 0.4) is 0 Å². The largest absolute Gasteiger partial charge is 1.00 e. The number of para-hydroxylation sites is 1. The number of anilines is 5. The fourth-order valence-electron chi connectivity index (χ4n) is 4.55. The number of benzene rings is 5. The third-order valence-electron chi connectivity index (χ3n) is 6.79. The predicted octanol–water partition coefficient (Wildman–Crippen LogP) is 3.26. The van der Waals surface area contributed by atoms with Gasteiger partial charge in [0.15, 0.2) is 0 Å². The van der Waals surface area contributed by atoms with Gasteiger partial charge >= 0.3 is 29.6 Å². The molecule has 202 valence electrons. The number of hydrogen-bond donors (Lipinski definition) is 4. The molecule has 41 heavy (non-hydrogen) atoms. The molecule has 5 aromatic carbocycles. The summed E-state index contributed by atoms with van der Waals surface area (Å²) in [6.07, 6.45) is 0. The van der Waals surface area contributed by atoms with Gasteiger partial charge in [-0.05, 0) is 95.9 Å². The molecule has 5 N–H and O–H groups in total. The number of rotatable bonds is 8. The summed E-state index contributed by atoms with van der Waals surface area (Å²) in [5.41, 5.74) is 11.3. The van der Waals surface area contributed by atoms with Crippen LogP contribution in [0.5, 0.6) is 0 Å². The van der Waals surface area contributed by atoms with Gasteiger partial charge in [-0.2, -0.15) is 0 Å². The fraction of sp³-hybridized carbons (Fsp3) is 0.0625. The number of nitrogens with one attached hydrogen (secondary N) is 2. The van der Waals surface area contributed by atoms with Crippen molar-refractivity contribution in [3.8, 4) is 0 Å². The summed E-state index contributed by atoms with van der Waals surface area (Å²) < 4.78 is 33.6. The molecule has 7 nitrogen and oxygen atoms in total. The van der Waals surface area contributed by atoms with Crippen LogP contribution >= 0.6 is 0 Å². The average Bonchev–Trinajstić information content (AvgIpc) is 2.95. The maximum absolute atomic E-state index is 12.3. The van der Waals surface area contributed by atoms with Crippen LogP contribution in [0.2, 0.25) is 0 Å². The van der Waals surface area contributed by atoms with Gasteiger partial charge in [0, 0.05) is 28.4 Å². The standard InChI is InChI=1S/C32H29N3O4S.Na/c1-22-21-25(11-20-31(22)33)32(36,23-7-12-27(13-8-23)34-26-5-3-2-4-6-26)24-9-14-28(15-10-24)35-29-16-18-30(19-17-29)40(37,38)39;/h2-21,34-36H,33H2,1H3,(H,37,38,39);/q;+1/p-1/t32-;/m1./s1. The smallest absolute Gasteiger partial charge is 0.744 e. The molecule has 0 aliphatic carbocycles. The maximum atomic E-state index is 12.3. The van der Waals surface area contributed by atoms with Crippen LogP contribution in [0.1, 0.15) is 22.3 Å². The van der Waals surface area contributed by atoms with E-state index in [1.807, 2.05) is 97.9 Å². The first-order valence-electron chi connectivity index (χ1n) is 12.6. The summed E-state index contributed by atoms with van der Waals surface area (Å²) in [6.45, 7) is 1.91. The van der Waals surface area contributed by atoms with Crippen molar-refractivity contribution < 1.29 is 47.6 Å². The second-order valence-corrected chi connectivity index (χ2v) is 10.9. The number of nitrogen functional groups attached to an aromatic ring is 1. The summed E-state index contributed by atoms with van der Waals surface area (Å²) in [7, 11) is -4.51. The molecule has 0 radical (unpaired) electrons. The van der Waals surface area contributed by atoms with Crippen LogP contribution in [-0.2, 0) is 15.7 Å². The topological polar surface area (TPSA) is 128 Å². The van der Waals surface area contributed by atoms with Crippen LogP contribution in [0, 0.1) is 6.92 Å². The van der Waals surface area contributed by atoms with Crippen molar-refractivity contribution in [2.24, 2.45) is 0 Å². The first-order chi connectivity index (χ1) is 19.1. The van der Waals surface area contributed by atoms with E-state index in [-0.39, 0.29) is 34.5 Å². The van der Waals surface area contributed by atoms with E-state index in [9.17, 15) is 18.1 Å². The van der Waals surface area contributed by atoms with Gasteiger partial charge in [0.25, 0.3) is 0 Å². The SMILES string of the molecule is Cc1cc([C@@](O)(c2ccc(Nc3ccccc3)cc2)c2ccc(Nc3ccc(S(=O)(=O)[O-])cc3)cc2)ccc1N.[Na+]. The third-order valence-corrected chi connectivity index (χ3v) is 7.64. The fourth-order valence-corrected chi connectivity index (χ4v) is 5.02. The van der Waals surface area contributed by atoms with E-state index in [2.05, 4.69) is 10.6 Å². The normalized spacial score (nSPS) is 12.6. The molecular weight excluding hydrogens is 545 g/mol. The molecule has 0 amide bonds. The molecule has 0 heterocycles. The van der Waals surface area contributed by atoms with Crippen molar-refractivity contribution in [2.45, 2.75) is 17.4 Å². The minimum absolute atomic E-state index is 0. The minimum Gasteiger partial charge on any atom is -0.744 e. The minimum atomic E-state index is -4.51. The van der Waals surface area contributed by atoms with E-state index in [4.69, 9.17) is 5.73 Å². The monoisotopic (exact) mass is 573 g/mol. The van der Waals surface area contributed by atoms with E-state index in [1.165, 1.54) is 24.3 Å². The summed E-state index contributed by atoms with van der Waals surface area (Å²) in [5.74, 6) is 0. The van der Waals surface area contributed by atoms with Crippen molar-refractivity contribution in [3.63, 3.8) is 0 Å². The summed E-state index contributed by atoms with van der Waals surface area (Å²) in [5, 5.41) is 18.9. The Morgan fingerprint density at radius 3 is 1.51 bits per heavy atom. The molecule has 0 aromatic heterocycles. The van der Waals surface area contributed by atoms with Crippen molar-refractivity contribution in [1.82, 2.24) is 0 Å². The summed E-state index contributed by atoms with van der Waals surface area (Å²) in [4.78, 5) is -0.290. The van der Waals surface area contributed by atoms with Gasteiger partial charge < -0.3 is 26.0 Å². The summed E-state index contributed by atoms with van der Waals surface area (Å²) >= 11 is 0. The van der Waals surface area contributed by atoms with Gasteiger partial charge in [-0.15, -0.1) is 0 Å². The Morgan fingerprint density at radius 2 is 1.07 bits per heavy atom. The molecule has 0 fully saturated rings. The van der Waals surface area contributed by atoms with Gasteiger partial charge in [-0.3, -0.25) is 0 Å². The quantitative estimate of drug-likeness (QED) is 0.0971. The second kappa shape index (κ2) is 12.5. The molecule has 1 atom stereocenters. The molecule has 0 aliphatic heterocycles. The average molecular weight is 574 g/mol. The first-order valence-corrected chi connectivity index (χ1v) is 14.0. The Labute approximate surface area is 262 Å². The number of nitrogens with two attached hydrogens (primary N) is 1. The Bertz CT molecular complexity index is 1730. The number of aryl methyl sites for hydroxylation is 1. The van der Waals surface area contributed by atoms with Gasteiger partial charge in [0.2, 0.25) is 0 Å². The Hall–Kier alpha value is -3.63. The van der Waals surface area contributed by atoms with Crippen LogP contribution in [-0.4, -0.2) is 18.1 Å². The van der Waals surface area contributed by atoms with Crippen molar-refractivity contribution in [1.29, 1.82) is 0 Å². The van der Waals surface area contributed by atoms with Crippen molar-refractivity contribution >= 4 is 38.6 Å². The van der Waals surface area contributed by atoms with Crippen molar-refractivity contribution in [3.05, 3.63) is 144 Å². The van der Waals surface area contributed by atoms with Gasteiger partial charge in [0.1, 0.15) is 15.7 Å². The Kier molecular flexibility index (Phi) is 9.24. The Morgan fingerprint density at radius 1 is 0.659 bits per heavy atom. The van der Waals surface area contributed by atoms with Gasteiger partial charge in [-0.1, -0.05) is 54.6 Å². The molecule has 0 aliphatic rings. The molecular formula is C32H28N3NaO4S. The first kappa shape index (κ1) is 30.3. The Balaban J connectivity index is 0.00000387. The molecule has 0 unspecified atom stereocenters. The molecule has 0 bridgehead atoms. The molecule has 0 saturated heterocycles. The second-order valence-electron chi connectivity index (χ2n) is 9.53. The van der Waals surface area contributed by atoms with Crippen LogP contribution in [0.25, 0.3) is 0 Å². The van der Waals surface area contributed by atoms with Gasteiger partial charge in [-0.25, -0.2) is 8.42 Å². The van der Waals surface area contributed by atoms with E-state index >= 15 is 0 Å². The van der Waals surface area contributed by atoms with E-state index < -0.39 is 15.7 Å². The zero-order chi connectivity index (χ0) is 28.3. The van der Waals surface area contributed by atoms with E-state index in [1.54, 1.807) is 6.07 Å². The van der Waals surface area contributed by atoms with Crippen molar-refractivity contribution in [2.75, 3.05) is 16.4 Å². The molecule has 5 rings (SSSR count). The molecule has 9 heteroatoms. The molecule has 0 saturated carbocycles. The van der Waals surface area contributed by atoms with Crippen LogP contribution in [0.15, 0.2) is 126 Å². The van der Waals surface area contributed by atoms with E-state index in [0.717, 1.165) is 22.6 Å².